The van der Waals surface area contributed by atoms with Gasteiger partial charge in [0.05, 0.1) is 7.11 Å². The highest BCUT2D eigenvalue weighted by Gasteiger charge is 2.37. The van der Waals surface area contributed by atoms with E-state index in [9.17, 15) is 0 Å². The second-order valence-corrected chi connectivity index (χ2v) is 7.43. The third-order valence-electron chi connectivity index (χ3n) is 5.24. The number of methoxy groups -OCH3 is 1. The van der Waals surface area contributed by atoms with Crippen LogP contribution in [0.5, 0.6) is 5.75 Å². The molecule has 1 aromatic carbocycles. The Kier molecular flexibility index (Phi) is 8.45. The lowest BCUT2D eigenvalue weighted by Gasteiger charge is -2.39. The first-order valence-corrected chi connectivity index (χ1v) is 9.88. The summed E-state index contributed by atoms with van der Waals surface area (Å²) in [6, 6.07) is 5.85. The van der Waals surface area contributed by atoms with E-state index in [1.165, 1.54) is 0 Å². The number of nitrogens with one attached hydrogen (secondary N) is 1. The lowest BCUT2D eigenvalue weighted by molar-refractivity contribution is 0.0504. The zero-order chi connectivity index (χ0) is 19.7. The molecule has 1 heterocycles. The Hall–Kier alpha value is -1.72. The van der Waals surface area contributed by atoms with Gasteiger partial charge in [0, 0.05) is 56.4 Å². The highest BCUT2D eigenvalue weighted by Crippen LogP contribution is 2.40. The van der Waals surface area contributed by atoms with Crippen molar-refractivity contribution in [1.29, 1.82) is 0 Å². The van der Waals surface area contributed by atoms with Crippen molar-refractivity contribution < 1.29 is 9.47 Å². The number of benzene rings is 1. The molecule has 1 saturated heterocycles. The van der Waals surface area contributed by atoms with E-state index < -0.39 is 0 Å². The molecule has 0 aromatic heterocycles. The quantitative estimate of drug-likeness (QED) is 0.315. The topological polar surface area (TPSA) is 46.1 Å². The maximum absolute atomic E-state index is 6.32. The Bertz CT molecular complexity index is 642. The van der Waals surface area contributed by atoms with E-state index in [0.717, 1.165) is 74.3 Å². The van der Waals surface area contributed by atoms with E-state index in [4.69, 9.17) is 21.1 Å². The van der Waals surface area contributed by atoms with Gasteiger partial charge in [-0.1, -0.05) is 17.7 Å². The van der Waals surface area contributed by atoms with Crippen molar-refractivity contribution in [2.75, 3.05) is 47.5 Å². The lowest BCUT2D eigenvalue weighted by Crippen LogP contribution is -2.48. The minimum atomic E-state index is -0.105. The van der Waals surface area contributed by atoms with Crippen LogP contribution in [0.3, 0.4) is 0 Å². The van der Waals surface area contributed by atoms with Crippen LogP contribution >= 0.6 is 11.6 Å². The molecule has 0 amide bonds. The number of hydrogen-bond donors (Lipinski definition) is 1. The van der Waals surface area contributed by atoms with Crippen LogP contribution in [0.2, 0.25) is 5.02 Å². The predicted octanol–water partition coefficient (Wildman–Crippen LogP) is 3.87. The van der Waals surface area contributed by atoms with Crippen molar-refractivity contribution in [2.45, 2.75) is 31.1 Å². The molecule has 5 nitrogen and oxygen atoms in total. The Labute approximate surface area is 168 Å². The van der Waals surface area contributed by atoms with Crippen LogP contribution in [0.1, 0.15) is 31.2 Å². The summed E-state index contributed by atoms with van der Waals surface area (Å²) in [5, 5.41) is 4.30. The molecule has 1 fully saturated rings. The van der Waals surface area contributed by atoms with Gasteiger partial charge in [0.25, 0.3) is 0 Å². The van der Waals surface area contributed by atoms with Crippen LogP contribution in [0.4, 0.5) is 0 Å². The van der Waals surface area contributed by atoms with E-state index in [1.807, 2.05) is 31.3 Å². The molecule has 0 bridgehead atoms. The third-order valence-corrected chi connectivity index (χ3v) is 5.48. The van der Waals surface area contributed by atoms with Gasteiger partial charge in [0.2, 0.25) is 0 Å². The average molecular weight is 394 g/mol. The highest BCUT2D eigenvalue weighted by molar-refractivity contribution is 6.30. The minimum Gasteiger partial charge on any atom is -0.496 e. The maximum Gasteiger partial charge on any atom is 0.193 e. The second kappa shape index (κ2) is 10.6. The van der Waals surface area contributed by atoms with Crippen LogP contribution in [0.15, 0.2) is 35.8 Å². The largest absolute Gasteiger partial charge is 0.496 e. The molecule has 0 spiro atoms. The third kappa shape index (κ3) is 5.63. The summed E-state index contributed by atoms with van der Waals surface area (Å²) in [4.78, 5) is 6.61. The van der Waals surface area contributed by atoms with Crippen LogP contribution < -0.4 is 10.1 Å². The monoisotopic (exact) mass is 393 g/mol. The van der Waals surface area contributed by atoms with Crippen molar-refractivity contribution in [3.05, 3.63) is 41.4 Å². The molecule has 1 aromatic rings. The molecule has 6 heteroatoms. The first-order valence-electron chi connectivity index (χ1n) is 9.51. The summed E-state index contributed by atoms with van der Waals surface area (Å²) in [5.41, 5.74) is 1.03. The zero-order valence-corrected chi connectivity index (χ0v) is 17.5. The van der Waals surface area contributed by atoms with Gasteiger partial charge in [-0.25, -0.2) is 0 Å². The summed E-state index contributed by atoms with van der Waals surface area (Å²) in [7, 11) is 5.59. The molecule has 2 rings (SSSR count). The number of allylic oxidation sites excluding steroid dienone is 1. The van der Waals surface area contributed by atoms with Crippen molar-refractivity contribution in [2.24, 2.45) is 4.99 Å². The number of hydrogen-bond acceptors (Lipinski definition) is 3. The molecule has 0 unspecified atom stereocenters. The van der Waals surface area contributed by atoms with Crippen molar-refractivity contribution in [1.82, 2.24) is 10.2 Å². The van der Waals surface area contributed by atoms with Gasteiger partial charge in [0.15, 0.2) is 5.96 Å². The Morgan fingerprint density at radius 1 is 1.44 bits per heavy atom. The number of ether oxygens (including phenoxy) is 2. The maximum atomic E-state index is 6.32. The Morgan fingerprint density at radius 3 is 2.81 bits per heavy atom. The lowest BCUT2D eigenvalue weighted by atomic mass is 9.73. The number of unbranched alkanes of at least 4 members (excludes halogenated alkanes) is 1. The summed E-state index contributed by atoms with van der Waals surface area (Å²) >= 11 is 6.32. The van der Waals surface area contributed by atoms with E-state index in [0.29, 0.717) is 0 Å². The predicted molar refractivity (Wildman–Crippen MR) is 113 cm³/mol. The fourth-order valence-corrected chi connectivity index (χ4v) is 3.78. The van der Waals surface area contributed by atoms with Gasteiger partial charge < -0.3 is 19.7 Å². The van der Waals surface area contributed by atoms with Crippen molar-refractivity contribution >= 4 is 17.6 Å². The minimum absolute atomic E-state index is 0.105. The Morgan fingerprint density at radius 2 is 2.19 bits per heavy atom. The van der Waals surface area contributed by atoms with Crippen LogP contribution in [0, 0.1) is 0 Å². The molecule has 0 atom stereocenters. The van der Waals surface area contributed by atoms with Crippen molar-refractivity contribution in [3.63, 3.8) is 0 Å². The molecule has 0 aliphatic carbocycles. The first kappa shape index (κ1) is 21.6. The molecule has 150 valence electrons. The molecular weight excluding hydrogens is 362 g/mol. The standard InChI is InChI=1S/C21H32ClN3O2/c1-5-6-7-12-25(3)20(23-2)24-16-21(10-13-27-14-11-21)18-15-17(22)8-9-19(18)26-4/h5,8-9,15H,1,6-7,10-14,16H2,2-4H3,(H,23,24). The molecule has 27 heavy (non-hydrogen) atoms. The number of rotatable bonds is 8. The van der Waals surface area contributed by atoms with E-state index in [-0.39, 0.29) is 5.41 Å². The molecule has 1 aliphatic heterocycles. The molecule has 1 aliphatic rings. The molecular formula is C21H32ClN3O2. The summed E-state index contributed by atoms with van der Waals surface area (Å²) < 4.78 is 11.3. The Balaban J connectivity index is 2.19. The average Bonchev–Trinajstić information content (AvgIpc) is 2.69. The van der Waals surface area contributed by atoms with E-state index >= 15 is 0 Å². The number of guanidine groups is 1. The van der Waals surface area contributed by atoms with Crippen LogP contribution in [-0.2, 0) is 10.2 Å². The summed E-state index contributed by atoms with van der Waals surface area (Å²) in [6.07, 6.45) is 5.83. The SMILES string of the molecule is C=CCCCN(C)C(=NC)NCC1(c2cc(Cl)ccc2OC)CCOCC1. The second-order valence-electron chi connectivity index (χ2n) is 6.99. The van der Waals surface area contributed by atoms with Crippen LogP contribution in [0.25, 0.3) is 0 Å². The van der Waals surface area contributed by atoms with Gasteiger partial charge in [0.1, 0.15) is 5.75 Å². The van der Waals surface area contributed by atoms with Crippen molar-refractivity contribution in [3.8, 4) is 5.75 Å². The van der Waals surface area contributed by atoms with Crippen LogP contribution in [-0.4, -0.2) is 58.4 Å². The first-order chi connectivity index (χ1) is 13.1. The van der Waals surface area contributed by atoms with E-state index in [2.05, 4.69) is 28.8 Å². The molecule has 0 radical (unpaired) electrons. The van der Waals surface area contributed by atoms with E-state index in [1.54, 1.807) is 7.11 Å². The van der Waals surface area contributed by atoms with Gasteiger partial charge in [-0.3, -0.25) is 4.99 Å². The number of halogens is 1. The zero-order valence-electron chi connectivity index (χ0n) is 16.8. The van der Waals surface area contributed by atoms with Gasteiger partial charge >= 0.3 is 0 Å². The number of nitrogens with zero attached hydrogens (tertiary/aromatic N) is 2. The fourth-order valence-electron chi connectivity index (χ4n) is 3.61. The van der Waals surface area contributed by atoms with Gasteiger partial charge in [-0.15, -0.1) is 6.58 Å². The smallest absolute Gasteiger partial charge is 0.193 e. The summed E-state index contributed by atoms with van der Waals surface area (Å²) in [5.74, 6) is 1.77. The highest BCUT2D eigenvalue weighted by atomic mass is 35.5. The normalized spacial score (nSPS) is 16.7. The van der Waals surface area contributed by atoms with Gasteiger partial charge in [-0.2, -0.15) is 0 Å². The number of aliphatic imine (C=N–C) groups is 1. The van der Waals surface area contributed by atoms with Gasteiger partial charge in [-0.05, 0) is 43.9 Å². The molecule has 1 N–H and O–H groups in total. The fraction of sp³-hybridized carbons (Fsp3) is 0.571. The molecule has 0 saturated carbocycles. The summed E-state index contributed by atoms with van der Waals surface area (Å²) in [6.45, 7) is 6.93.